The minimum Gasteiger partial charge on any atom is -0.292 e. The molecule has 9 nitrogen and oxygen atoms in total. The predicted molar refractivity (Wildman–Crippen MR) is 129 cm³/mol. The van der Waals surface area contributed by atoms with Gasteiger partial charge in [-0.1, -0.05) is 12.2 Å². The quantitative estimate of drug-likeness (QED) is 0.129. The fourth-order valence-corrected chi connectivity index (χ4v) is 5.81. The Morgan fingerprint density at radius 3 is 2.05 bits per heavy atom. The second-order valence-corrected chi connectivity index (χ2v) is 9.68. The molecule has 37 heavy (non-hydrogen) atoms. The number of carbonyl (C=O) groups excluding carboxylic acids is 4. The van der Waals surface area contributed by atoms with Crippen molar-refractivity contribution in [2.45, 2.75) is 18.9 Å². The van der Waals surface area contributed by atoms with Gasteiger partial charge in [-0.25, -0.2) is 9.40 Å². The SMILES string of the molecule is O=C(c1ccc(F)cc1)[C@@H](CCCl)N(C(=O)c1ccc([N+](=O)[O-])cc1)N1C(=O)[C@@H]2[C@H](C1=O)[C@H]1C=C[C@H]2C1. The smallest absolute Gasteiger partial charge is 0.273 e. The van der Waals surface area contributed by atoms with Crippen molar-refractivity contribution in [3.8, 4) is 0 Å². The van der Waals surface area contributed by atoms with Gasteiger partial charge >= 0.3 is 0 Å². The Morgan fingerprint density at radius 1 is 1.00 bits per heavy atom. The Bertz CT molecular complexity index is 1300. The highest BCUT2D eigenvalue weighted by Gasteiger charge is 2.62. The van der Waals surface area contributed by atoms with E-state index in [1.807, 2.05) is 12.2 Å². The number of alkyl halides is 1. The van der Waals surface area contributed by atoms with E-state index in [0.717, 1.165) is 34.3 Å². The van der Waals surface area contributed by atoms with Crippen LogP contribution in [0.1, 0.15) is 33.6 Å². The van der Waals surface area contributed by atoms with Crippen LogP contribution in [0, 0.1) is 39.6 Å². The number of hydrogen-bond acceptors (Lipinski definition) is 6. The number of hydrogen-bond donors (Lipinski definition) is 0. The number of halogens is 2. The standard InChI is InChI=1S/C26H21ClFN3O6/c27-12-11-20(23(32)14-3-7-18(28)8-4-14)29(24(33)15-5-9-19(10-6-15)31(36)37)30-25(34)21-16-1-2-17(13-16)22(21)26(30)35/h1-10,16-17,20-22H,11-13H2/t16-,17-,20+,21-,22+/m0/s1. The number of amides is 3. The first-order valence-corrected chi connectivity index (χ1v) is 12.3. The number of nitro groups is 1. The second-order valence-electron chi connectivity index (χ2n) is 9.31. The summed E-state index contributed by atoms with van der Waals surface area (Å²) in [5.74, 6) is -4.82. The molecule has 5 rings (SSSR count). The zero-order valence-electron chi connectivity index (χ0n) is 19.3. The lowest BCUT2D eigenvalue weighted by molar-refractivity contribution is -0.384. The van der Waals surface area contributed by atoms with Gasteiger partial charge in [0, 0.05) is 29.1 Å². The molecule has 0 spiro atoms. The van der Waals surface area contributed by atoms with Gasteiger partial charge in [0.25, 0.3) is 23.4 Å². The van der Waals surface area contributed by atoms with Gasteiger partial charge in [-0.05, 0) is 61.1 Å². The molecule has 1 aliphatic heterocycles. The number of Topliss-reactive ketones (excluding diaryl/α,β-unsaturated/α-hetero) is 1. The Labute approximate surface area is 215 Å². The number of ketones is 1. The van der Waals surface area contributed by atoms with Crippen LogP contribution < -0.4 is 0 Å². The third-order valence-electron chi connectivity index (χ3n) is 7.30. The van der Waals surface area contributed by atoms with Crippen molar-refractivity contribution >= 4 is 40.8 Å². The van der Waals surface area contributed by atoms with Crippen molar-refractivity contribution in [3.63, 3.8) is 0 Å². The van der Waals surface area contributed by atoms with Gasteiger partial charge in [0.05, 0.1) is 16.8 Å². The number of carbonyl (C=O) groups is 4. The van der Waals surface area contributed by atoms with Crippen LogP contribution >= 0.6 is 11.6 Å². The number of nitro benzene ring substituents is 1. The first-order chi connectivity index (χ1) is 17.7. The molecule has 2 aromatic rings. The van der Waals surface area contributed by atoms with Crippen molar-refractivity contribution in [1.82, 2.24) is 10.0 Å². The molecular weight excluding hydrogens is 505 g/mol. The number of imide groups is 1. The van der Waals surface area contributed by atoms with Gasteiger partial charge in [-0.15, -0.1) is 11.6 Å². The lowest BCUT2D eigenvalue weighted by atomic mass is 9.85. The molecule has 2 aromatic carbocycles. The molecule has 3 aliphatic rings. The molecule has 1 heterocycles. The maximum absolute atomic E-state index is 13.8. The van der Waals surface area contributed by atoms with Gasteiger partial charge in [-0.3, -0.25) is 29.3 Å². The highest BCUT2D eigenvalue weighted by molar-refractivity contribution is 6.18. The first kappa shape index (κ1) is 24.8. The molecule has 2 fully saturated rings. The van der Waals surface area contributed by atoms with Gasteiger partial charge in [0.1, 0.15) is 11.9 Å². The van der Waals surface area contributed by atoms with Crippen LogP contribution in [-0.2, 0) is 9.59 Å². The van der Waals surface area contributed by atoms with E-state index in [1.165, 1.54) is 24.3 Å². The molecule has 2 aliphatic carbocycles. The molecule has 0 unspecified atom stereocenters. The topological polar surface area (TPSA) is 118 Å². The maximum atomic E-state index is 13.8. The Morgan fingerprint density at radius 2 is 1.54 bits per heavy atom. The van der Waals surface area contributed by atoms with E-state index < -0.39 is 52.1 Å². The maximum Gasteiger partial charge on any atom is 0.273 e. The molecule has 0 N–H and O–H groups in total. The Kier molecular flexibility index (Phi) is 6.36. The van der Waals surface area contributed by atoms with Crippen molar-refractivity contribution in [2.24, 2.45) is 23.7 Å². The van der Waals surface area contributed by atoms with Crippen LogP contribution in [0.2, 0.25) is 0 Å². The third-order valence-corrected chi connectivity index (χ3v) is 7.52. The largest absolute Gasteiger partial charge is 0.292 e. The summed E-state index contributed by atoms with van der Waals surface area (Å²) in [6.07, 6.45) is 4.39. The summed E-state index contributed by atoms with van der Waals surface area (Å²) < 4.78 is 13.5. The monoisotopic (exact) mass is 525 g/mol. The van der Waals surface area contributed by atoms with E-state index in [4.69, 9.17) is 11.6 Å². The summed E-state index contributed by atoms with van der Waals surface area (Å²) in [5, 5.41) is 12.7. The molecule has 3 amide bonds. The second kappa shape index (κ2) is 9.51. The number of hydrazine groups is 1. The molecule has 2 bridgehead atoms. The van der Waals surface area contributed by atoms with Gasteiger partial charge in [-0.2, -0.15) is 5.01 Å². The minimum atomic E-state index is -1.36. The molecule has 1 saturated heterocycles. The van der Waals surface area contributed by atoms with Crippen LogP contribution in [-0.4, -0.2) is 50.4 Å². The summed E-state index contributed by atoms with van der Waals surface area (Å²) in [7, 11) is 0. The average molecular weight is 526 g/mol. The summed E-state index contributed by atoms with van der Waals surface area (Å²) >= 11 is 6.01. The van der Waals surface area contributed by atoms with Crippen LogP contribution in [0.3, 0.4) is 0 Å². The molecule has 11 heteroatoms. The number of rotatable bonds is 8. The first-order valence-electron chi connectivity index (χ1n) is 11.7. The summed E-state index contributed by atoms with van der Waals surface area (Å²) in [4.78, 5) is 65.1. The summed E-state index contributed by atoms with van der Waals surface area (Å²) in [5.41, 5.74) is -0.247. The number of allylic oxidation sites excluding steroid dienone is 2. The van der Waals surface area contributed by atoms with Crippen molar-refractivity contribution in [2.75, 3.05) is 5.88 Å². The van der Waals surface area contributed by atoms with Crippen molar-refractivity contribution in [3.05, 3.63) is 87.7 Å². The molecule has 1 saturated carbocycles. The molecule has 0 radical (unpaired) electrons. The number of fused-ring (bicyclic) bond motifs is 5. The predicted octanol–water partition coefficient (Wildman–Crippen LogP) is 3.78. The summed E-state index contributed by atoms with van der Waals surface area (Å²) in [6.45, 7) is 0. The van der Waals surface area contributed by atoms with Gasteiger partial charge in [0.2, 0.25) is 0 Å². The highest BCUT2D eigenvalue weighted by atomic mass is 35.5. The lowest BCUT2D eigenvalue weighted by Crippen LogP contribution is -2.58. The Balaban J connectivity index is 1.58. The number of non-ortho nitro benzene ring substituents is 1. The van der Waals surface area contributed by atoms with Crippen LogP contribution in [0.15, 0.2) is 60.7 Å². The van der Waals surface area contributed by atoms with E-state index in [2.05, 4.69) is 0 Å². The average Bonchev–Trinajstić information content (AvgIpc) is 3.58. The van der Waals surface area contributed by atoms with Gasteiger partial charge < -0.3 is 0 Å². The summed E-state index contributed by atoms with van der Waals surface area (Å²) in [6, 6.07) is 7.96. The third kappa shape index (κ3) is 4.11. The van der Waals surface area contributed by atoms with E-state index in [1.54, 1.807) is 0 Å². The van der Waals surface area contributed by atoms with Crippen molar-refractivity contribution in [1.29, 1.82) is 0 Å². The van der Waals surface area contributed by atoms with Crippen molar-refractivity contribution < 1.29 is 28.5 Å². The van der Waals surface area contributed by atoms with E-state index >= 15 is 0 Å². The van der Waals surface area contributed by atoms with E-state index in [9.17, 15) is 33.7 Å². The fraction of sp³-hybridized carbons (Fsp3) is 0.308. The highest BCUT2D eigenvalue weighted by Crippen LogP contribution is 2.53. The minimum absolute atomic E-state index is 0.0594. The van der Waals surface area contributed by atoms with Crippen LogP contribution in [0.5, 0.6) is 0 Å². The van der Waals surface area contributed by atoms with Gasteiger partial charge in [0.15, 0.2) is 5.78 Å². The van der Waals surface area contributed by atoms with Crippen LogP contribution in [0.4, 0.5) is 10.1 Å². The fourth-order valence-electron chi connectivity index (χ4n) is 5.60. The normalized spacial score (nSPS) is 24.3. The molecule has 5 atom stereocenters. The van der Waals surface area contributed by atoms with E-state index in [0.29, 0.717) is 6.42 Å². The molecule has 0 aromatic heterocycles. The van der Waals surface area contributed by atoms with E-state index in [-0.39, 0.29) is 41.0 Å². The van der Waals surface area contributed by atoms with Crippen LogP contribution in [0.25, 0.3) is 0 Å². The molecule has 190 valence electrons. The molecular formula is C26H21ClFN3O6. The zero-order valence-corrected chi connectivity index (χ0v) is 20.1. The Hall–Kier alpha value is -3.92. The lowest BCUT2D eigenvalue weighted by Gasteiger charge is -2.36. The zero-order chi connectivity index (χ0) is 26.4. The number of nitrogens with zero attached hydrogens (tertiary/aromatic N) is 3. The number of benzene rings is 2.